The number of hydrogen-bond donors (Lipinski definition) is 1. The molecule has 0 aromatic carbocycles. The van der Waals surface area contributed by atoms with Gasteiger partial charge in [0.1, 0.15) is 0 Å². The van der Waals surface area contributed by atoms with Crippen LogP contribution in [0.1, 0.15) is 40.5 Å². The zero-order chi connectivity index (χ0) is 12.0. The van der Waals surface area contributed by atoms with Crippen LogP contribution >= 0.6 is 11.8 Å². The highest BCUT2D eigenvalue weighted by molar-refractivity contribution is 8.00. The van der Waals surface area contributed by atoms with Gasteiger partial charge >= 0.3 is 0 Å². The summed E-state index contributed by atoms with van der Waals surface area (Å²) in [5, 5.41) is 3.61. The molecule has 3 heteroatoms. The zero-order valence-electron chi connectivity index (χ0n) is 11.4. The molecule has 0 aliphatic carbocycles. The van der Waals surface area contributed by atoms with Gasteiger partial charge in [-0.15, -0.1) is 0 Å². The molecule has 1 aliphatic heterocycles. The molecule has 16 heavy (non-hydrogen) atoms. The van der Waals surface area contributed by atoms with Gasteiger partial charge in [-0.05, 0) is 27.2 Å². The average molecular weight is 244 g/mol. The van der Waals surface area contributed by atoms with Gasteiger partial charge in [0.15, 0.2) is 0 Å². The molecule has 1 N–H and O–H groups in total. The maximum atomic E-state index is 3.61. The van der Waals surface area contributed by atoms with E-state index in [1.807, 2.05) is 0 Å². The van der Waals surface area contributed by atoms with Crippen LogP contribution in [-0.4, -0.2) is 47.6 Å². The number of thioether (sulfide) groups is 1. The smallest absolute Gasteiger partial charge is 0.0231 e. The van der Waals surface area contributed by atoms with Crippen molar-refractivity contribution < 1.29 is 0 Å². The molecule has 1 aliphatic rings. The molecule has 0 aromatic rings. The molecule has 1 fully saturated rings. The van der Waals surface area contributed by atoms with Crippen molar-refractivity contribution in [2.24, 2.45) is 0 Å². The van der Waals surface area contributed by atoms with Crippen molar-refractivity contribution in [3.63, 3.8) is 0 Å². The Morgan fingerprint density at radius 3 is 2.81 bits per heavy atom. The van der Waals surface area contributed by atoms with E-state index in [9.17, 15) is 0 Å². The van der Waals surface area contributed by atoms with E-state index in [1.54, 1.807) is 0 Å². The normalized spacial score (nSPS) is 23.2. The Labute approximate surface area is 106 Å². The molecular weight excluding hydrogens is 216 g/mol. The lowest BCUT2D eigenvalue weighted by Crippen LogP contribution is -2.46. The summed E-state index contributed by atoms with van der Waals surface area (Å²) < 4.78 is 0.452. The SMILES string of the molecule is CCCC(C)NCCN1CCSC(C)(C)C1. The summed E-state index contributed by atoms with van der Waals surface area (Å²) >= 11 is 2.11. The summed E-state index contributed by atoms with van der Waals surface area (Å²) in [5.74, 6) is 1.29. The summed E-state index contributed by atoms with van der Waals surface area (Å²) in [7, 11) is 0. The van der Waals surface area contributed by atoms with Crippen molar-refractivity contribution in [1.82, 2.24) is 10.2 Å². The maximum absolute atomic E-state index is 3.61. The predicted octanol–water partition coefficient (Wildman–Crippen LogP) is 2.59. The van der Waals surface area contributed by atoms with Crippen LogP contribution in [0.5, 0.6) is 0 Å². The fraction of sp³-hybridized carbons (Fsp3) is 1.00. The van der Waals surface area contributed by atoms with E-state index in [4.69, 9.17) is 0 Å². The van der Waals surface area contributed by atoms with Crippen LogP contribution in [-0.2, 0) is 0 Å². The van der Waals surface area contributed by atoms with Gasteiger partial charge < -0.3 is 5.32 Å². The van der Waals surface area contributed by atoms with E-state index < -0.39 is 0 Å². The molecule has 0 saturated carbocycles. The lowest BCUT2D eigenvalue weighted by molar-refractivity contribution is 0.256. The molecule has 0 radical (unpaired) electrons. The van der Waals surface area contributed by atoms with E-state index in [1.165, 1.54) is 38.2 Å². The largest absolute Gasteiger partial charge is 0.313 e. The Hall–Kier alpha value is 0.270. The fourth-order valence-electron chi connectivity index (χ4n) is 2.31. The van der Waals surface area contributed by atoms with Gasteiger partial charge in [-0.25, -0.2) is 0 Å². The first-order valence-corrected chi connectivity index (χ1v) is 7.62. The van der Waals surface area contributed by atoms with Crippen molar-refractivity contribution >= 4 is 11.8 Å². The van der Waals surface area contributed by atoms with Crippen LogP contribution in [0.25, 0.3) is 0 Å². The van der Waals surface area contributed by atoms with E-state index in [0.29, 0.717) is 10.8 Å². The summed E-state index contributed by atoms with van der Waals surface area (Å²) in [6.07, 6.45) is 2.57. The second-order valence-corrected chi connectivity index (χ2v) is 7.33. The minimum absolute atomic E-state index is 0.452. The first-order chi connectivity index (χ1) is 7.53. The Morgan fingerprint density at radius 1 is 1.44 bits per heavy atom. The summed E-state index contributed by atoms with van der Waals surface area (Å²) in [6.45, 7) is 14.1. The quantitative estimate of drug-likeness (QED) is 0.773. The number of hydrogen-bond acceptors (Lipinski definition) is 3. The highest BCUT2D eigenvalue weighted by atomic mass is 32.2. The molecule has 1 saturated heterocycles. The van der Waals surface area contributed by atoms with Crippen LogP contribution in [0.3, 0.4) is 0 Å². The Morgan fingerprint density at radius 2 is 2.19 bits per heavy atom. The highest BCUT2D eigenvalue weighted by Crippen LogP contribution is 2.28. The predicted molar refractivity (Wildman–Crippen MR) is 75.3 cm³/mol. The van der Waals surface area contributed by atoms with E-state index >= 15 is 0 Å². The second kappa shape index (κ2) is 6.87. The maximum Gasteiger partial charge on any atom is 0.0231 e. The first kappa shape index (κ1) is 14.3. The van der Waals surface area contributed by atoms with Crippen molar-refractivity contribution in [3.05, 3.63) is 0 Å². The molecule has 0 bridgehead atoms. The fourth-order valence-corrected chi connectivity index (χ4v) is 3.49. The van der Waals surface area contributed by atoms with Gasteiger partial charge in [0, 0.05) is 42.7 Å². The van der Waals surface area contributed by atoms with E-state index in [0.717, 1.165) is 6.54 Å². The molecule has 2 nitrogen and oxygen atoms in total. The Balaban J connectivity index is 2.13. The van der Waals surface area contributed by atoms with Gasteiger partial charge in [-0.2, -0.15) is 11.8 Å². The topological polar surface area (TPSA) is 15.3 Å². The van der Waals surface area contributed by atoms with E-state index in [-0.39, 0.29) is 0 Å². The van der Waals surface area contributed by atoms with Crippen LogP contribution in [0.4, 0.5) is 0 Å². The van der Waals surface area contributed by atoms with E-state index in [2.05, 4.69) is 49.7 Å². The van der Waals surface area contributed by atoms with Crippen molar-refractivity contribution in [3.8, 4) is 0 Å². The monoisotopic (exact) mass is 244 g/mol. The second-order valence-electron chi connectivity index (χ2n) is 5.53. The molecule has 0 aromatic heterocycles. The lowest BCUT2D eigenvalue weighted by Gasteiger charge is -2.37. The van der Waals surface area contributed by atoms with Crippen molar-refractivity contribution in [2.45, 2.75) is 51.3 Å². The molecule has 96 valence electrons. The minimum Gasteiger partial charge on any atom is -0.313 e. The average Bonchev–Trinajstić information content (AvgIpc) is 2.16. The Bertz CT molecular complexity index is 194. The summed E-state index contributed by atoms with van der Waals surface area (Å²) in [5.41, 5.74) is 0. The Kier molecular flexibility index (Phi) is 6.16. The summed E-state index contributed by atoms with van der Waals surface area (Å²) in [6, 6.07) is 0.678. The molecule has 1 atom stereocenters. The van der Waals surface area contributed by atoms with Crippen LogP contribution in [0.15, 0.2) is 0 Å². The minimum atomic E-state index is 0.452. The molecule has 1 rings (SSSR count). The lowest BCUT2D eigenvalue weighted by atomic mass is 10.2. The summed E-state index contributed by atoms with van der Waals surface area (Å²) in [4.78, 5) is 2.60. The molecule has 1 heterocycles. The van der Waals surface area contributed by atoms with Gasteiger partial charge in [0.2, 0.25) is 0 Å². The first-order valence-electron chi connectivity index (χ1n) is 6.63. The number of nitrogens with zero attached hydrogens (tertiary/aromatic N) is 1. The van der Waals surface area contributed by atoms with Gasteiger partial charge in [0.25, 0.3) is 0 Å². The third-order valence-electron chi connectivity index (χ3n) is 3.15. The number of rotatable bonds is 6. The third kappa shape index (κ3) is 5.55. The van der Waals surface area contributed by atoms with Crippen LogP contribution in [0.2, 0.25) is 0 Å². The number of nitrogens with one attached hydrogen (secondary N) is 1. The van der Waals surface area contributed by atoms with Crippen molar-refractivity contribution in [1.29, 1.82) is 0 Å². The van der Waals surface area contributed by atoms with Gasteiger partial charge in [0.05, 0.1) is 0 Å². The van der Waals surface area contributed by atoms with Gasteiger partial charge in [-0.3, -0.25) is 4.90 Å². The standard InChI is InChI=1S/C13H28N2S/c1-5-6-12(2)14-7-8-15-9-10-16-13(3,4)11-15/h12,14H,5-11H2,1-4H3. The molecular formula is C13H28N2S. The van der Waals surface area contributed by atoms with Crippen molar-refractivity contribution in [2.75, 3.05) is 31.9 Å². The zero-order valence-corrected chi connectivity index (χ0v) is 12.2. The third-order valence-corrected chi connectivity index (χ3v) is 4.44. The molecule has 0 spiro atoms. The molecule has 0 amide bonds. The highest BCUT2D eigenvalue weighted by Gasteiger charge is 2.26. The van der Waals surface area contributed by atoms with Crippen LogP contribution < -0.4 is 5.32 Å². The van der Waals surface area contributed by atoms with Gasteiger partial charge in [-0.1, -0.05) is 13.3 Å². The molecule has 1 unspecified atom stereocenters. The van der Waals surface area contributed by atoms with Crippen LogP contribution in [0, 0.1) is 0 Å².